The highest BCUT2D eigenvalue weighted by Gasteiger charge is 2.22. The molecule has 4 nitrogen and oxygen atoms in total. The Morgan fingerprint density at radius 1 is 1.33 bits per heavy atom. The number of hydrogen-bond donors (Lipinski definition) is 2. The molecule has 1 aromatic carbocycles. The Balaban J connectivity index is 2.41. The SMILES string of the molecule is CC(C)C(C)(C)CNC(=O)COc1ccc(C(N)=S)cc1. The maximum atomic E-state index is 11.8. The van der Waals surface area contributed by atoms with E-state index in [0.29, 0.717) is 23.2 Å². The van der Waals surface area contributed by atoms with E-state index in [2.05, 4.69) is 33.0 Å². The van der Waals surface area contributed by atoms with Crippen LogP contribution in [0.15, 0.2) is 24.3 Å². The molecule has 0 saturated carbocycles. The number of benzene rings is 1. The average Bonchev–Trinajstić information content (AvgIpc) is 2.43. The Bertz CT molecular complexity index is 496. The van der Waals surface area contributed by atoms with Gasteiger partial charge in [-0.2, -0.15) is 0 Å². The Labute approximate surface area is 132 Å². The van der Waals surface area contributed by atoms with Crippen LogP contribution in [0.25, 0.3) is 0 Å². The first-order valence-corrected chi connectivity index (χ1v) is 7.42. The van der Waals surface area contributed by atoms with Crippen LogP contribution in [0.2, 0.25) is 0 Å². The topological polar surface area (TPSA) is 64.3 Å². The maximum Gasteiger partial charge on any atom is 0.257 e. The van der Waals surface area contributed by atoms with Gasteiger partial charge >= 0.3 is 0 Å². The van der Waals surface area contributed by atoms with Gasteiger partial charge in [-0.3, -0.25) is 4.79 Å². The standard InChI is InChI=1S/C16H24N2O2S/c1-11(2)16(3,4)10-18-14(19)9-20-13-7-5-12(6-8-13)15(17)21/h5-8,11H,9-10H2,1-4H3,(H2,17,21)(H,18,19). The monoisotopic (exact) mass is 308 g/mol. The predicted octanol–water partition coefficient (Wildman–Crippen LogP) is 2.50. The Morgan fingerprint density at radius 3 is 2.38 bits per heavy atom. The van der Waals surface area contributed by atoms with Crippen LogP contribution in [0, 0.1) is 11.3 Å². The second-order valence-corrected chi connectivity index (χ2v) is 6.54. The van der Waals surface area contributed by atoms with E-state index < -0.39 is 0 Å². The van der Waals surface area contributed by atoms with Gasteiger partial charge in [-0.1, -0.05) is 39.9 Å². The van der Waals surface area contributed by atoms with E-state index in [4.69, 9.17) is 22.7 Å². The second kappa shape index (κ2) is 7.41. The molecule has 116 valence electrons. The van der Waals surface area contributed by atoms with Crippen LogP contribution >= 0.6 is 12.2 Å². The normalized spacial score (nSPS) is 11.3. The number of rotatable bonds is 7. The van der Waals surface area contributed by atoms with Crippen molar-refractivity contribution in [2.45, 2.75) is 27.7 Å². The molecule has 1 amide bonds. The van der Waals surface area contributed by atoms with Crippen LogP contribution in [0.1, 0.15) is 33.3 Å². The van der Waals surface area contributed by atoms with E-state index in [9.17, 15) is 4.79 Å². The third-order valence-electron chi connectivity index (χ3n) is 3.81. The number of nitrogens with two attached hydrogens (primary N) is 1. The highest BCUT2D eigenvalue weighted by atomic mass is 32.1. The van der Waals surface area contributed by atoms with Crippen molar-refractivity contribution in [3.8, 4) is 5.75 Å². The van der Waals surface area contributed by atoms with Crippen LogP contribution in [0.4, 0.5) is 0 Å². The van der Waals surface area contributed by atoms with Gasteiger partial charge in [0, 0.05) is 12.1 Å². The lowest BCUT2D eigenvalue weighted by Crippen LogP contribution is -2.39. The molecule has 0 atom stereocenters. The van der Waals surface area contributed by atoms with Crippen molar-refractivity contribution in [1.82, 2.24) is 5.32 Å². The average molecular weight is 308 g/mol. The Hall–Kier alpha value is -1.62. The van der Waals surface area contributed by atoms with Gasteiger partial charge in [0.1, 0.15) is 10.7 Å². The zero-order chi connectivity index (χ0) is 16.0. The van der Waals surface area contributed by atoms with Crippen molar-refractivity contribution >= 4 is 23.1 Å². The van der Waals surface area contributed by atoms with Crippen LogP contribution in [0.3, 0.4) is 0 Å². The summed E-state index contributed by atoms with van der Waals surface area (Å²) >= 11 is 4.87. The molecule has 0 aliphatic carbocycles. The van der Waals surface area contributed by atoms with Gasteiger partial charge in [0.05, 0.1) is 0 Å². The number of amides is 1. The highest BCUT2D eigenvalue weighted by Crippen LogP contribution is 2.24. The molecule has 21 heavy (non-hydrogen) atoms. The first kappa shape index (κ1) is 17.4. The molecule has 0 bridgehead atoms. The van der Waals surface area contributed by atoms with E-state index in [1.807, 2.05) is 0 Å². The van der Waals surface area contributed by atoms with E-state index in [0.717, 1.165) is 5.56 Å². The summed E-state index contributed by atoms with van der Waals surface area (Å²) in [5.41, 5.74) is 6.36. The molecule has 1 rings (SSSR count). The Kier molecular flexibility index (Phi) is 6.15. The van der Waals surface area contributed by atoms with Gasteiger partial charge in [-0.05, 0) is 35.6 Å². The summed E-state index contributed by atoms with van der Waals surface area (Å²) in [7, 11) is 0. The zero-order valence-electron chi connectivity index (χ0n) is 13.1. The summed E-state index contributed by atoms with van der Waals surface area (Å²) in [6.45, 7) is 9.19. The van der Waals surface area contributed by atoms with Gasteiger partial charge < -0.3 is 15.8 Å². The molecule has 0 heterocycles. The largest absolute Gasteiger partial charge is 0.484 e. The molecule has 0 aliphatic rings. The van der Waals surface area contributed by atoms with Crippen LogP contribution < -0.4 is 15.8 Å². The summed E-state index contributed by atoms with van der Waals surface area (Å²) in [5.74, 6) is 0.988. The Morgan fingerprint density at radius 2 is 1.90 bits per heavy atom. The molecule has 0 saturated heterocycles. The molecular formula is C16H24N2O2S. The fourth-order valence-corrected chi connectivity index (χ4v) is 1.58. The minimum Gasteiger partial charge on any atom is -0.484 e. The van der Waals surface area contributed by atoms with E-state index in [-0.39, 0.29) is 17.9 Å². The lowest BCUT2D eigenvalue weighted by atomic mass is 9.81. The van der Waals surface area contributed by atoms with Crippen LogP contribution in [-0.2, 0) is 4.79 Å². The summed E-state index contributed by atoms with van der Waals surface area (Å²) in [6, 6.07) is 7.05. The second-order valence-electron chi connectivity index (χ2n) is 6.10. The van der Waals surface area contributed by atoms with E-state index >= 15 is 0 Å². The van der Waals surface area contributed by atoms with Crippen LogP contribution in [-0.4, -0.2) is 24.0 Å². The summed E-state index contributed by atoms with van der Waals surface area (Å²) in [5, 5.41) is 2.90. The number of carbonyl (C=O) groups excluding carboxylic acids is 1. The van der Waals surface area contributed by atoms with Gasteiger partial charge in [0.15, 0.2) is 6.61 Å². The molecule has 0 spiro atoms. The van der Waals surface area contributed by atoms with Crippen molar-refractivity contribution in [2.75, 3.05) is 13.2 Å². The molecule has 3 N–H and O–H groups in total. The van der Waals surface area contributed by atoms with Crippen molar-refractivity contribution in [3.05, 3.63) is 29.8 Å². The first-order chi connectivity index (χ1) is 9.72. The third kappa shape index (κ3) is 5.71. The molecule has 5 heteroatoms. The molecule has 0 unspecified atom stereocenters. The fourth-order valence-electron chi connectivity index (χ4n) is 1.45. The molecule has 0 radical (unpaired) electrons. The summed E-state index contributed by atoms with van der Waals surface area (Å²) in [4.78, 5) is 12.1. The summed E-state index contributed by atoms with van der Waals surface area (Å²) < 4.78 is 5.43. The van der Waals surface area contributed by atoms with Crippen LogP contribution in [0.5, 0.6) is 5.75 Å². The number of carbonyl (C=O) groups is 1. The van der Waals surface area contributed by atoms with Crippen molar-refractivity contribution in [2.24, 2.45) is 17.1 Å². The minimum atomic E-state index is -0.123. The van der Waals surface area contributed by atoms with Gasteiger partial charge in [0.2, 0.25) is 0 Å². The van der Waals surface area contributed by atoms with Gasteiger partial charge in [-0.15, -0.1) is 0 Å². The van der Waals surface area contributed by atoms with Gasteiger partial charge in [-0.25, -0.2) is 0 Å². The zero-order valence-corrected chi connectivity index (χ0v) is 13.9. The lowest BCUT2D eigenvalue weighted by molar-refractivity contribution is -0.123. The van der Waals surface area contributed by atoms with Gasteiger partial charge in [0.25, 0.3) is 5.91 Å². The first-order valence-electron chi connectivity index (χ1n) is 7.02. The summed E-state index contributed by atoms with van der Waals surface area (Å²) in [6.07, 6.45) is 0. The minimum absolute atomic E-state index is 0.000589. The number of hydrogen-bond acceptors (Lipinski definition) is 3. The molecular weight excluding hydrogens is 284 g/mol. The molecule has 1 aromatic rings. The fraction of sp³-hybridized carbons (Fsp3) is 0.500. The van der Waals surface area contributed by atoms with Crippen molar-refractivity contribution in [3.63, 3.8) is 0 Å². The predicted molar refractivity (Wildman–Crippen MR) is 89.5 cm³/mol. The highest BCUT2D eigenvalue weighted by molar-refractivity contribution is 7.80. The smallest absolute Gasteiger partial charge is 0.257 e. The van der Waals surface area contributed by atoms with Crippen molar-refractivity contribution < 1.29 is 9.53 Å². The van der Waals surface area contributed by atoms with E-state index in [1.165, 1.54) is 0 Å². The lowest BCUT2D eigenvalue weighted by Gasteiger charge is -2.29. The number of nitrogens with one attached hydrogen (secondary N) is 1. The quantitative estimate of drug-likeness (QED) is 0.760. The number of thiocarbonyl (C=S) groups is 1. The molecule has 0 aliphatic heterocycles. The third-order valence-corrected chi connectivity index (χ3v) is 4.05. The molecule has 0 fully saturated rings. The maximum absolute atomic E-state index is 11.8. The number of ether oxygens (including phenoxy) is 1. The van der Waals surface area contributed by atoms with Crippen molar-refractivity contribution in [1.29, 1.82) is 0 Å². The van der Waals surface area contributed by atoms with E-state index in [1.54, 1.807) is 24.3 Å². The molecule has 0 aromatic heterocycles.